The summed E-state index contributed by atoms with van der Waals surface area (Å²) in [7, 11) is 0. The minimum Gasteiger partial charge on any atom is -0.304 e. The summed E-state index contributed by atoms with van der Waals surface area (Å²) < 4.78 is 1.34. The van der Waals surface area contributed by atoms with Crippen LogP contribution < -0.4 is 5.56 Å². The van der Waals surface area contributed by atoms with Crippen molar-refractivity contribution in [2.24, 2.45) is 0 Å². The summed E-state index contributed by atoms with van der Waals surface area (Å²) in [6.07, 6.45) is 1.17. The Morgan fingerprint density at radius 1 is 1.69 bits per heavy atom. The van der Waals surface area contributed by atoms with Crippen molar-refractivity contribution in [3.05, 3.63) is 49.4 Å². The molecule has 0 amide bonds. The lowest BCUT2D eigenvalue weighted by Gasteiger charge is -2.06. The van der Waals surface area contributed by atoms with Crippen molar-refractivity contribution in [3.8, 4) is 0 Å². The third-order valence-corrected chi connectivity index (χ3v) is 2.77. The number of alkyl halides is 1. The van der Waals surface area contributed by atoms with Crippen LogP contribution in [0.4, 0.5) is 5.69 Å². The number of allylic oxidation sites excluding steroid dienone is 1. The van der Waals surface area contributed by atoms with Gasteiger partial charge in [-0.25, -0.2) is 0 Å². The lowest BCUT2D eigenvalue weighted by atomic mass is 10.3. The first kappa shape index (κ1) is 12.9. The Labute approximate surface area is 105 Å². The van der Waals surface area contributed by atoms with Gasteiger partial charge in [-0.05, 0) is 21.5 Å². The molecule has 0 unspecified atom stereocenters. The fourth-order valence-corrected chi connectivity index (χ4v) is 1.63. The van der Waals surface area contributed by atoms with Gasteiger partial charge in [0.25, 0.3) is 11.2 Å². The highest BCUT2D eigenvalue weighted by atomic mass is 79.9. The number of aromatic nitrogens is 1. The zero-order chi connectivity index (χ0) is 12.3. The van der Waals surface area contributed by atoms with E-state index in [9.17, 15) is 14.9 Å². The number of hydrogen-bond acceptors (Lipinski definition) is 3. The highest BCUT2D eigenvalue weighted by Gasteiger charge is 2.12. The van der Waals surface area contributed by atoms with E-state index in [1.807, 2.05) is 0 Å². The molecule has 0 radical (unpaired) electrons. The van der Waals surface area contributed by atoms with Crippen LogP contribution in [0, 0.1) is 10.1 Å². The maximum atomic E-state index is 11.6. The number of hydrogen-bond donors (Lipinski definition) is 0. The molecule has 0 N–H and O–H groups in total. The topological polar surface area (TPSA) is 65.1 Å². The molecule has 0 aromatic carbocycles. The maximum absolute atomic E-state index is 11.6. The van der Waals surface area contributed by atoms with E-state index in [1.165, 1.54) is 16.8 Å². The van der Waals surface area contributed by atoms with Crippen molar-refractivity contribution in [3.63, 3.8) is 0 Å². The first-order valence-electron chi connectivity index (χ1n) is 4.22. The fourth-order valence-electron chi connectivity index (χ4n) is 1.08. The molecule has 0 atom stereocenters. The van der Waals surface area contributed by atoms with Crippen LogP contribution in [0.3, 0.4) is 0 Å². The van der Waals surface area contributed by atoms with Crippen LogP contribution in [-0.4, -0.2) is 15.4 Å². The van der Waals surface area contributed by atoms with Gasteiger partial charge < -0.3 is 4.57 Å². The zero-order valence-corrected chi connectivity index (χ0v) is 10.5. The third-order valence-electron chi connectivity index (χ3n) is 1.82. The first-order valence-corrected chi connectivity index (χ1v) is 5.55. The Balaban J connectivity index is 3.22. The van der Waals surface area contributed by atoms with Gasteiger partial charge in [-0.2, -0.15) is 0 Å². The lowest BCUT2D eigenvalue weighted by molar-refractivity contribution is -0.385. The van der Waals surface area contributed by atoms with E-state index >= 15 is 0 Å². The van der Waals surface area contributed by atoms with Gasteiger partial charge in [-0.3, -0.25) is 14.9 Å². The van der Waals surface area contributed by atoms with Crippen LogP contribution in [-0.2, 0) is 6.54 Å². The number of pyridine rings is 1. The molecule has 86 valence electrons. The predicted octanol–water partition coefficient (Wildman–Crippen LogP) is 2.31. The van der Waals surface area contributed by atoms with E-state index in [0.29, 0.717) is 5.57 Å². The number of nitrogens with zero attached hydrogens (tertiary/aromatic N) is 2. The van der Waals surface area contributed by atoms with E-state index < -0.39 is 4.92 Å². The molecule has 0 saturated heterocycles. The standard InChI is InChI=1S/C9H8BrClN2O3/c1-6(3-11)4-12-5-7(13(15)16)2-8(10)9(12)14/h2,5H,1,3-4H2. The molecule has 0 fully saturated rings. The second kappa shape index (κ2) is 5.27. The molecule has 0 bridgehead atoms. The molecule has 1 heterocycles. The minimum absolute atomic E-state index is 0.143. The Hall–Kier alpha value is -1.14. The van der Waals surface area contributed by atoms with Gasteiger partial charge in [0.1, 0.15) is 0 Å². The second-order valence-corrected chi connectivity index (χ2v) is 4.24. The monoisotopic (exact) mass is 306 g/mol. The van der Waals surface area contributed by atoms with Crippen molar-refractivity contribution in [1.82, 2.24) is 4.57 Å². The first-order chi connectivity index (χ1) is 7.45. The highest BCUT2D eigenvalue weighted by molar-refractivity contribution is 9.10. The summed E-state index contributed by atoms with van der Waals surface area (Å²) in [5.74, 6) is 0.201. The molecular weight excluding hydrogens is 299 g/mol. The van der Waals surface area contributed by atoms with E-state index in [1.54, 1.807) is 0 Å². The van der Waals surface area contributed by atoms with Gasteiger partial charge in [-0.15, -0.1) is 11.6 Å². The van der Waals surface area contributed by atoms with Gasteiger partial charge >= 0.3 is 0 Å². The van der Waals surface area contributed by atoms with Crippen LogP contribution in [0.1, 0.15) is 0 Å². The molecule has 16 heavy (non-hydrogen) atoms. The van der Waals surface area contributed by atoms with E-state index in [4.69, 9.17) is 11.6 Å². The van der Waals surface area contributed by atoms with Gasteiger partial charge in [0, 0.05) is 18.5 Å². The summed E-state index contributed by atoms with van der Waals surface area (Å²) in [6.45, 7) is 3.81. The largest absolute Gasteiger partial charge is 0.304 e. The van der Waals surface area contributed by atoms with Crippen molar-refractivity contribution < 1.29 is 4.92 Å². The van der Waals surface area contributed by atoms with Crippen LogP contribution in [0.25, 0.3) is 0 Å². The fraction of sp³-hybridized carbons (Fsp3) is 0.222. The van der Waals surface area contributed by atoms with E-state index in [0.717, 1.165) is 0 Å². The molecule has 1 aromatic heterocycles. The Morgan fingerprint density at radius 3 is 2.81 bits per heavy atom. The lowest BCUT2D eigenvalue weighted by Crippen LogP contribution is -2.21. The van der Waals surface area contributed by atoms with Crippen LogP contribution in [0.2, 0.25) is 0 Å². The van der Waals surface area contributed by atoms with Gasteiger partial charge in [0.05, 0.1) is 15.6 Å². The molecule has 5 nitrogen and oxygen atoms in total. The SMILES string of the molecule is C=C(CCl)Cn1cc([N+](=O)[O-])cc(Br)c1=O. The summed E-state index contributed by atoms with van der Waals surface area (Å²) in [6, 6.07) is 1.17. The molecular formula is C9H8BrClN2O3. The van der Waals surface area contributed by atoms with Crippen molar-refractivity contribution in [2.45, 2.75) is 6.54 Å². The number of halogens is 2. The van der Waals surface area contributed by atoms with Crippen molar-refractivity contribution in [1.29, 1.82) is 0 Å². The van der Waals surface area contributed by atoms with E-state index in [-0.39, 0.29) is 28.1 Å². The summed E-state index contributed by atoms with van der Waals surface area (Å²) in [5.41, 5.74) is 0.0990. The minimum atomic E-state index is -0.565. The molecule has 7 heteroatoms. The second-order valence-electron chi connectivity index (χ2n) is 3.12. The van der Waals surface area contributed by atoms with Gasteiger partial charge in [0.15, 0.2) is 0 Å². The Bertz CT molecular complexity index is 498. The molecule has 0 aliphatic heterocycles. The quantitative estimate of drug-likeness (QED) is 0.371. The van der Waals surface area contributed by atoms with Crippen molar-refractivity contribution >= 4 is 33.2 Å². The number of nitro groups is 1. The third kappa shape index (κ3) is 2.93. The summed E-state index contributed by atoms with van der Waals surface area (Å²) >= 11 is 8.51. The molecule has 0 saturated carbocycles. The Kier molecular flexibility index (Phi) is 4.26. The van der Waals surface area contributed by atoms with Crippen LogP contribution >= 0.6 is 27.5 Å². The molecule has 1 aromatic rings. The Morgan fingerprint density at radius 2 is 2.31 bits per heavy atom. The van der Waals surface area contributed by atoms with Gasteiger partial charge in [-0.1, -0.05) is 6.58 Å². The predicted molar refractivity (Wildman–Crippen MR) is 64.9 cm³/mol. The van der Waals surface area contributed by atoms with Gasteiger partial charge in [0.2, 0.25) is 0 Å². The number of rotatable bonds is 4. The van der Waals surface area contributed by atoms with Crippen LogP contribution in [0.15, 0.2) is 33.7 Å². The normalized spacial score (nSPS) is 10.1. The molecule has 0 aliphatic carbocycles. The van der Waals surface area contributed by atoms with E-state index in [2.05, 4.69) is 22.5 Å². The maximum Gasteiger partial charge on any atom is 0.286 e. The van der Waals surface area contributed by atoms with Crippen LogP contribution in [0.5, 0.6) is 0 Å². The molecule has 0 spiro atoms. The average molecular weight is 308 g/mol. The zero-order valence-electron chi connectivity index (χ0n) is 8.15. The summed E-state index contributed by atoms with van der Waals surface area (Å²) in [5, 5.41) is 10.6. The molecule has 0 aliphatic rings. The van der Waals surface area contributed by atoms with Crippen molar-refractivity contribution in [2.75, 3.05) is 5.88 Å². The highest BCUT2D eigenvalue weighted by Crippen LogP contribution is 2.14. The summed E-state index contributed by atoms with van der Waals surface area (Å²) in [4.78, 5) is 21.6. The smallest absolute Gasteiger partial charge is 0.286 e. The molecule has 1 rings (SSSR count). The average Bonchev–Trinajstić information content (AvgIpc) is 2.23.